The van der Waals surface area contributed by atoms with Gasteiger partial charge in [-0.25, -0.2) is 17.7 Å². The lowest BCUT2D eigenvalue weighted by atomic mass is 9.96. The van der Waals surface area contributed by atoms with E-state index in [1.807, 2.05) is 36.6 Å². The van der Waals surface area contributed by atoms with Crippen molar-refractivity contribution in [2.45, 2.75) is 31.1 Å². The van der Waals surface area contributed by atoms with Crippen molar-refractivity contribution >= 4 is 44.2 Å². The van der Waals surface area contributed by atoms with Gasteiger partial charge in [-0.2, -0.15) is 11.8 Å². The van der Waals surface area contributed by atoms with Crippen molar-refractivity contribution in [2.75, 3.05) is 29.6 Å². The molecule has 1 aromatic carbocycles. The summed E-state index contributed by atoms with van der Waals surface area (Å²) in [6, 6.07) is 8.60. The Kier molecular flexibility index (Phi) is 9.10. The average Bonchev–Trinajstić information content (AvgIpc) is 3.20. The first-order valence-electron chi connectivity index (χ1n) is 9.22. The minimum absolute atomic E-state index is 0.0503. The number of hydrogen-bond acceptors (Lipinski definition) is 8. The number of hydrogen-bond donors (Lipinski definition) is 3. The first-order chi connectivity index (χ1) is 14.1. The molecule has 0 radical (unpaired) electrons. The van der Waals surface area contributed by atoms with Gasteiger partial charge in [0.15, 0.2) is 5.13 Å². The second-order valence-corrected chi connectivity index (χ2v) is 10.7. The van der Waals surface area contributed by atoms with E-state index in [1.165, 1.54) is 12.4 Å². The first kappa shape index (κ1) is 24.6. The molecule has 2 aromatic rings. The van der Waals surface area contributed by atoms with Crippen LogP contribution in [0.4, 0.5) is 5.13 Å². The zero-order chi connectivity index (χ0) is 22.3. The van der Waals surface area contributed by atoms with Crippen molar-refractivity contribution in [3.63, 3.8) is 0 Å². The Balaban J connectivity index is 2.18. The maximum atomic E-state index is 12.7. The molecule has 0 aliphatic carbocycles. The summed E-state index contributed by atoms with van der Waals surface area (Å²) in [6.45, 7) is 0. The van der Waals surface area contributed by atoms with Gasteiger partial charge in [0.05, 0.1) is 18.4 Å². The van der Waals surface area contributed by atoms with Crippen LogP contribution in [-0.2, 0) is 16.4 Å². The molecule has 166 valence electrons. The fourth-order valence-corrected chi connectivity index (χ4v) is 4.71. The molecule has 3 unspecified atom stereocenters. The number of thioether (sulfide) groups is 1. The predicted octanol–water partition coefficient (Wildman–Crippen LogP) is 1.35. The van der Waals surface area contributed by atoms with Crippen molar-refractivity contribution < 1.29 is 23.4 Å². The molecule has 2 rings (SSSR count). The number of sulfonamides is 1. The van der Waals surface area contributed by atoms with Crippen molar-refractivity contribution in [3.8, 4) is 0 Å². The van der Waals surface area contributed by atoms with E-state index in [1.54, 1.807) is 11.8 Å². The Bertz CT molecular complexity index is 921. The van der Waals surface area contributed by atoms with Gasteiger partial charge in [0.25, 0.3) is 5.91 Å². The molecule has 0 saturated heterocycles. The maximum Gasteiger partial charge on any atom is 0.271 e. The van der Waals surface area contributed by atoms with Gasteiger partial charge in [-0.3, -0.25) is 4.79 Å². The number of carbonyl (C=O) groups excluding carboxylic acids is 1. The topological polar surface area (TPSA) is 120 Å². The van der Waals surface area contributed by atoms with E-state index < -0.39 is 34.2 Å². The van der Waals surface area contributed by atoms with Gasteiger partial charge in [0.1, 0.15) is 11.8 Å². The summed E-state index contributed by atoms with van der Waals surface area (Å²) in [4.78, 5) is 16.8. The van der Waals surface area contributed by atoms with E-state index in [9.17, 15) is 23.4 Å². The van der Waals surface area contributed by atoms with E-state index in [4.69, 9.17) is 0 Å². The third kappa shape index (κ3) is 6.95. The number of thiazole rings is 1. The van der Waals surface area contributed by atoms with Crippen LogP contribution in [0, 0.1) is 0 Å². The van der Waals surface area contributed by atoms with Crippen LogP contribution >= 0.6 is 23.1 Å². The molecule has 0 aliphatic heterocycles. The predicted molar refractivity (Wildman–Crippen MR) is 122 cm³/mol. The summed E-state index contributed by atoms with van der Waals surface area (Å²) in [5, 5.41) is 25.4. The third-order valence-electron chi connectivity index (χ3n) is 4.53. The molecule has 11 heteroatoms. The summed E-state index contributed by atoms with van der Waals surface area (Å²) in [5.41, 5.74) is 0.948. The van der Waals surface area contributed by atoms with Crippen LogP contribution in [0.25, 0.3) is 0 Å². The number of benzene rings is 1. The highest BCUT2D eigenvalue weighted by molar-refractivity contribution is 7.98. The van der Waals surface area contributed by atoms with Crippen LogP contribution in [-0.4, -0.2) is 73.1 Å². The Hall–Kier alpha value is -1.66. The smallest absolute Gasteiger partial charge is 0.271 e. The van der Waals surface area contributed by atoms with E-state index in [2.05, 4.69) is 10.3 Å². The fourth-order valence-electron chi connectivity index (χ4n) is 2.70. The summed E-state index contributed by atoms with van der Waals surface area (Å²) in [7, 11) is -2.13. The van der Waals surface area contributed by atoms with Gasteiger partial charge < -0.3 is 15.5 Å². The van der Waals surface area contributed by atoms with Gasteiger partial charge in [-0.05, 0) is 30.4 Å². The fraction of sp³-hybridized carbons (Fsp3) is 0.474. The normalized spacial score (nSPS) is 14.7. The molecule has 3 N–H and O–H groups in total. The zero-order valence-corrected chi connectivity index (χ0v) is 19.5. The van der Waals surface area contributed by atoms with Gasteiger partial charge >= 0.3 is 0 Å². The van der Waals surface area contributed by atoms with Gasteiger partial charge in [0, 0.05) is 12.4 Å². The SMILES string of the molecule is CSCCC(O)C(O)C(Cc1ccccc1)NC(=O)c1csc(N(C)S(C)(=O)=O)n1. The van der Waals surface area contributed by atoms with Gasteiger partial charge in [0.2, 0.25) is 10.0 Å². The second kappa shape index (κ2) is 11.1. The lowest BCUT2D eigenvalue weighted by Gasteiger charge is -2.27. The molecule has 0 spiro atoms. The highest BCUT2D eigenvalue weighted by atomic mass is 32.2. The summed E-state index contributed by atoms with van der Waals surface area (Å²) in [5.74, 6) is 0.133. The molecule has 0 aliphatic rings. The summed E-state index contributed by atoms with van der Waals surface area (Å²) in [6.07, 6.45) is 1.52. The van der Waals surface area contributed by atoms with Gasteiger partial charge in [-0.1, -0.05) is 30.3 Å². The lowest BCUT2D eigenvalue weighted by molar-refractivity contribution is -0.00409. The lowest BCUT2D eigenvalue weighted by Crippen LogP contribution is -2.50. The number of rotatable bonds is 11. The molecule has 0 fully saturated rings. The molecule has 0 saturated carbocycles. The Morgan fingerprint density at radius 1 is 1.30 bits per heavy atom. The zero-order valence-electron chi connectivity index (χ0n) is 17.1. The molecule has 1 aromatic heterocycles. The number of nitrogens with one attached hydrogen (secondary N) is 1. The summed E-state index contributed by atoms with van der Waals surface area (Å²) < 4.78 is 24.3. The third-order valence-corrected chi connectivity index (χ3v) is 7.38. The number of carbonyl (C=O) groups is 1. The van der Waals surface area contributed by atoms with Crippen molar-refractivity contribution in [1.82, 2.24) is 10.3 Å². The molecular formula is C19H27N3O5S3. The average molecular weight is 474 g/mol. The highest BCUT2D eigenvalue weighted by Crippen LogP contribution is 2.22. The number of nitrogens with zero attached hydrogens (tertiary/aromatic N) is 2. The molecule has 0 bridgehead atoms. The number of anilines is 1. The standard InChI is InChI=1S/C19H27N3O5S3/c1-22(30(3,26)27)19-21-15(12-29-19)18(25)20-14(11-13-7-5-4-6-8-13)17(24)16(23)9-10-28-2/h4-8,12,14,16-17,23-24H,9-11H2,1-3H3,(H,20,25). The quantitative estimate of drug-likeness (QED) is 0.451. The molecule has 30 heavy (non-hydrogen) atoms. The number of aliphatic hydroxyl groups is 2. The molecular weight excluding hydrogens is 446 g/mol. The van der Waals surface area contributed by atoms with Gasteiger partial charge in [-0.15, -0.1) is 11.3 Å². The van der Waals surface area contributed by atoms with Crippen LogP contribution < -0.4 is 9.62 Å². The van der Waals surface area contributed by atoms with Crippen LogP contribution in [0.3, 0.4) is 0 Å². The number of aliphatic hydroxyl groups excluding tert-OH is 2. The van der Waals surface area contributed by atoms with Crippen LogP contribution in [0.1, 0.15) is 22.5 Å². The highest BCUT2D eigenvalue weighted by Gasteiger charge is 2.29. The minimum Gasteiger partial charge on any atom is -0.390 e. The van der Waals surface area contributed by atoms with Crippen LogP contribution in [0.5, 0.6) is 0 Å². The Morgan fingerprint density at radius 2 is 1.97 bits per heavy atom. The van der Waals surface area contributed by atoms with Crippen molar-refractivity contribution in [3.05, 3.63) is 47.0 Å². The van der Waals surface area contributed by atoms with Crippen molar-refractivity contribution in [1.29, 1.82) is 0 Å². The maximum absolute atomic E-state index is 12.7. The first-order valence-corrected chi connectivity index (χ1v) is 13.3. The van der Waals surface area contributed by atoms with E-state index in [0.717, 1.165) is 27.5 Å². The molecule has 1 amide bonds. The van der Waals surface area contributed by atoms with Crippen LogP contribution in [0.2, 0.25) is 0 Å². The Morgan fingerprint density at radius 3 is 2.57 bits per heavy atom. The van der Waals surface area contributed by atoms with Crippen LogP contribution in [0.15, 0.2) is 35.7 Å². The Labute approximate surface area is 185 Å². The molecule has 8 nitrogen and oxygen atoms in total. The largest absolute Gasteiger partial charge is 0.390 e. The van der Waals surface area contributed by atoms with E-state index in [-0.39, 0.29) is 10.8 Å². The second-order valence-electron chi connectivity index (χ2n) is 6.85. The number of amides is 1. The monoisotopic (exact) mass is 473 g/mol. The minimum atomic E-state index is -3.49. The summed E-state index contributed by atoms with van der Waals surface area (Å²) >= 11 is 2.59. The number of aromatic nitrogens is 1. The van der Waals surface area contributed by atoms with E-state index in [0.29, 0.717) is 18.6 Å². The van der Waals surface area contributed by atoms with Crippen molar-refractivity contribution in [2.24, 2.45) is 0 Å². The molecule has 1 heterocycles. The van der Waals surface area contributed by atoms with E-state index >= 15 is 0 Å². The molecule has 3 atom stereocenters.